The maximum atomic E-state index is 15.6. The number of aliphatic hydroxyl groups excluding tert-OH is 2. The second kappa shape index (κ2) is 16.5. The van der Waals surface area contributed by atoms with Gasteiger partial charge in [-0.1, -0.05) is 32.0 Å². The molecule has 4 aliphatic rings. The van der Waals surface area contributed by atoms with Crippen LogP contribution in [0.2, 0.25) is 0 Å². The molecule has 1 unspecified atom stereocenters. The van der Waals surface area contributed by atoms with Crippen LogP contribution >= 0.6 is 0 Å². The molecule has 1 aliphatic heterocycles. The van der Waals surface area contributed by atoms with Gasteiger partial charge in [-0.3, -0.25) is 14.4 Å². The molecule has 3 aliphatic carbocycles. The van der Waals surface area contributed by atoms with E-state index in [0.29, 0.717) is 0 Å². The van der Waals surface area contributed by atoms with Crippen LogP contribution in [0.15, 0.2) is 87.1 Å². The van der Waals surface area contributed by atoms with Crippen molar-refractivity contribution in [3.8, 4) is 0 Å². The molecule has 0 radical (unpaired) electrons. The van der Waals surface area contributed by atoms with Gasteiger partial charge in [-0.05, 0) is 68.3 Å². The van der Waals surface area contributed by atoms with Crippen LogP contribution in [0.25, 0.3) is 0 Å². The van der Waals surface area contributed by atoms with Crippen molar-refractivity contribution in [3.05, 3.63) is 95.4 Å². The fourth-order valence-electron chi connectivity index (χ4n) is 9.84. The van der Waals surface area contributed by atoms with E-state index in [1.54, 1.807) is 18.2 Å². The molecule has 18 nitrogen and oxygen atoms in total. The summed E-state index contributed by atoms with van der Waals surface area (Å²) >= 11 is 0. The number of esters is 3. The van der Waals surface area contributed by atoms with Gasteiger partial charge < -0.3 is 57.9 Å². The predicted molar refractivity (Wildman–Crippen MR) is 209 cm³/mol. The number of aliphatic hydroxyl groups is 3. The van der Waals surface area contributed by atoms with Crippen molar-refractivity contribution >= 4 is 35.8 Å². The molecule has 0 spiro atoms. The topological polar surface area (TPSA) is 257 Å². The number of rotatable bonds is 11. The summed E-state index contributed by atoms with van der Waals surface area (Å²) in [7, 11) is 0. The van der Waals surface area contributed by atoms with Crippen molar-refractivity contribution in [2.75, 3.05) is 13.2 Å². The maximum Gasteiger partial charge on any atom is 0.509 e. The molecular formula is C44H49NO17. The first-order chi connectivity index (χ1) is 29.3. The third kappa shape index (κ3) is 7.17. The largest absolute Gasteiger partial charge is 0.509 e. The van der Waals surface area contributed by atoms with E-state index in [4.69, 9.17) is 37.3 Å². The number of benzene rings is 1. The van der Waals surface area contributed by atoms with E-state index in [2.05, 4.69) is 5.32 Å². The number of ether oxygens (including phenoxy) is 6. The minimum absolute atomic E-state index is 0.0393. The Labute approximate surface area is 355 Å². The zero-order chi connectivity index (χ0) is 44.9. The van der Waals surface area contributed by atoms with Crippen molar-refractivity contribution in [1.82, 2.24) is 5.32 Å². The average Bonchev–Trinajstić information content (AvgIpc) is 3.97. The van der Waals surface area contributed by atoms with Gasteiger partial charge in [0.2, 0.25) is 0 Å². The summed E-state index contributed by atoms with van der Waals surface area (Å²) in [5.41, 5.74) is -8.08. The van der Waals surface area contributed by atoms with Crippen LogP contribution < -0.4 is 5.32 Å². The van der Waals surface area contributed by atoms with Crippen molar-refractivity contribution in [2.24, 2.45) is 16.7 Å². The van der Waals surface area contributed by atoms with Crippen LogP contribution in [0.1, 0.15) is 87.1 Å². The van der Waals surface area contributed by atoms with E-state index < -0.39 is 113 Å². The highest BCUT2D eigenvalue weighted by Gasteiger charge is 2.78. The van der Waals surface area contributed by atoms with E-state index in [0.717, 1.165) is 6.92 Å². The Morgan fingerprint density at radius 2 is 1.65 bits per heavy atom. The van der Waals surface area contributed by atoms with Gasteiger partial charge in [0.05, 0.1) is 48.7 Å². The Bertz CT molecular complexity index is 2230. The van der Waals surface area contributed by atoms with Crippen LogP contribution in [0.4, 0.5) is 4.79 Å². The third-order valence-electron chi connectivity index (χ3n) is 13.1. The van der Waals surface area contributed by atoms with Gasteiger partial charge in [0.25, 0.3) is 5.91 Å². The molecule has 2 aromatic heterocycles. The molecule has 1 aromatic carbocycles. The molecule has 62 heavy (non-hydrogen) atoms. The fourth-order valence-corrected chi connectivity index (χ4v) is 9.84. The summed E-state index contributed by atoms with van der Waals surface area (Å²) in [5, 5.41) is 39.9. The van der Waals surface area contributed by atoms with Crippen LogP contribution in [0.5, 0.6) is 0 Å². The number of hydrogen-bond donors (Lipinski definition) is 4. The van der Waals surface area contributed by atoms with Crippen molar-refractivity contribution in [3.63, 3.8) is 0 Å². The molecule has 4 N–H and O–H groups in total. The molecule has 2 saturated carbocycles. The highest BCUT2D eigenvalue weighted by Crippen LogP contribution is 2.64. The number of hydrogen-bond acceptors (Lipinski definition) is 17. The van der Waals surface area contributed by atoms with Gasteiger partial charge in [0, 0.05) is 25.2 Å². The maximum absolute atomic E-state index is 15.6. The number of carbonyl (C=O) groups is 6. The van der Waals surface area contributed by atoms with E-state index >= 15 is 4.79 Å². The highest BCUT2D eigenvalue weighted by atomic mass is 16.7. The fraction of sp³-hybridized carbons (Fsp3) is 0.500. The number of nitrogens with one attached hydrogen (secondary N) is 1. The first kappa shape index (κ1) is 44.2. The van der Waals surface area contributed by atoms with Crippen LogP contribution in [0.3, 0.4) is 0 Å². The molecule has 2 bridgehead atoms. The summed E-state index contributed by atoms with van der Waals surface area (Å²) in [5.74, 6) is -6.64. The van der Waals surface area contributed by atoms with Crippen LogP contribution in [-0.2, 0) is 42.8 Å². The molecular weight excluding hydrogens is 814 g/mol. The molecule has 11 atom stereocenters. The SMILES string of the molecule is CCOC(=O)O[C@H]1C(=O)[C@@]2(C)C([C@H](OC(=O)c3ccccc3)[C@]3(O)C[C@H](OC(=O)[C@H](O)[C@@H](NC(=O)c4ccco4)c4ccco4)C(C)=C1C3(C)C)[C@]1(OC(C)=O)CO[C@@H]1C[C@@H]2O. The van der Waals surface area contributed by atoms with Gasteiger partial charge in [-0.25, -0.2) is 14.4 Å². The lowest BCUT2D eigenvalue weighted by atomic mass is 9.44. The summed E-state index contributed by atoms with van der Waals surface area (Å²) in [6.45, 7) is 8.00. The smallest absolute Gasteiger partial charge is 0.467 e. The number of ketones is 1. The molecule has 3 fully saturated rings. The van der Waals surface area contributed by atoms with Crippen molar-refractivity contribution < 1.29 is 81.3 Å². The van der Waals surface area contributed by atoms with Crippen LogP contribution in [0, 0.1) is 16.7 Å². The third-order valence-corrected chi connectivity index (χ3v) is 13.1. The molecule has 18 heteroatoms. The minimum Gasteiger partial charge on any atom is -0.467 e. The first-order valence-corrected chi connectivity index (χ1v) is 20.1. The second-order valence-electron chi connectivity index (χ2n) is 16.8. The first-order valence-electron chi connectivity index (χ1n) is 20.1. The standard InChI is InChI=1S/C44H49NO17/c1-7-55-40(53)60-33-30-22(2)27(59-39(52)32(48)31(25-15-11-17-56-25)45-37(50)26-16-12-18-57-26)20-44(54,41(30,4)5)36(61-38(51)24-13-9-8-10-14-24)34-42(6,35(33)49)28(47)19-29-43(34,21-58-29)62-23(3)46/h8-18,27-29,31-34,36,47-48,54H,7,19-21H2,1-6H3,(H,45,50)/t27-,28-,29+,31-,32+,33+,34?,36-,42+,43-,44+/m0/s1. The number of carbonyl (C=O) groups excluding carboxylic acids is 6. The Balaban J connectivity index is 1.40. The Kier molecular flexibility index (Phi) is 11.8. The number of Topliss-reactive ketones (excluding diaryl/α,β-unsaturated/α-hetero) is 1. The van der Waals surface area contributed by atoms with Crippen LogP contribution in [-0.4, -0.2) is 112 Å². The zero-order valence-corrected chi connectivity index (χ0v) is 34.9. The van der Waals surface area contributed by atoms with Gasteiger partial charge in [0.1, 0.15) is 35.7 Å². The zero-order valence-electron chi connectivity index (χ0n) is 34.9. The molecule has 3 heterocycles. The molecule has 1 amide bonds. The monoisotopic (exact) mass is 863 g/mol. The Morgan fingerprint density at radius 3 is 2.24 bits per heavy atom. The van der Waals surface area contributed by atoms with E-state index in [9.17, 15) is 39.3 Å². The summed E-state index contributed by atoms with van der Waals surface area (Å²) in [6.07, 6.45) is -9.86. The van der Waals surface area contributed by atoms with Crippen molar-refractivity contribution in [1.29, 1.82) is 0 Å². The average molecular weight is 864 g/mol. The van der Waals surface area contributed by atoms with Gasteiger partial charge in [-0.15, -0.1) is 0 Å². The molecule has 3 aromatic rings. The Morgan fingerprint density at radius 1 is 0.952 bits per heavy atom. The van der Waals surface area contributed by atoms with Gasteiger partial charge in [-0.2, -0.15) is 0 Å². The normalized spacial score (nSPS) is 31.9. The lowest BCUT2D eigenvalue weighted by Gasteiger charge is -2.67. The number of amides is 1. The lowest BCUT2D eigenvalue weighted by Crippen LogP contribution is -2.82. The molecule has 7 rings (SSSR count). The quantitative estimate of drug-likeness (QED) is 0.122. The minimum atomic E-state index is -2.46. The number of fused-ring (bicyclic) bond motifs is 5. The summed E-state index contributed by atoms with van der Waals surface area (Å²) < 4.78 is 45.9. The molecule has 332 valence electrons. The second-order valence-corrected chi connectivity index (χ2v) is 16.8. The Hall–Kier alpha value is -5.82. The van der Waals surface area contributed by atoms with Gasteiger partial charge >= 0.3 is 24.1 Å². The predicted octanol–water partition coefficient (Wildman–Crippen LogP) is 3.53. The van der Waals surface area contributed by atoms with Crippen molar-refractivity contribution in [2.45, 2.75) is 108 Å². The summed E-state index contributed by atoms with van der Waals surface area (Å²) in [4.78, 5) is 83.4. The van der Waals surface area contributed by atoms with E-state index in [-0.39, 0.29) is 47.9 Å². The highest BCUT2D eigenvalue weighted by molar-refractivity contribution is 5.95. The summed E-state index contributed by atoms with van der Waals surface area (Å²) in [6, 6.07) is 11.9. The van der Waals surface area contributed by atoms with E-state index in [1.165, 1.54) is 83.5 Å². The molecule has 1 saturated heterocycles. The van der Waals surface area contributed by atoms with Gasteiger partial charge in [0.15, 0.2) is 29.4 Å². The number of furan rings is 2. The van der Waals surface area contributed by atoms with E-state index in [1.807, 2.05) is 0 Å². The lowest BCUT2D eigenvalue weighted by molar-refractivity contribution is -0.346.